The lowest BCUT2D eigenvalue weighted by atomic mass is 10.1. The van der Waals surface area contributed by atoms with Crippen LogP contribution in [-0.4, -0.2) is 11.9 Å². The van der Waals surface area contributed by atoms with Gasteiger partial charge >= 0.3 is 0 Å². The molecule has 0 heterocycles. The molecule has 0 saturated heterocycles. The third-order valence-corrected chi connectivity index (χ3v) is 2.32. The van der Waals surface area contributed by atoms with Crippen LogP contribution in [0.1, 0.15) is 35.7 Å². The van der Waals surface area contributed by atoms with Crippen LogP contribution in [0.25, 0.3) is 0 Å². The summed E-state index contributed by atoms with van der Waals surface area (Å²) in [5, 5.41) is 11.6. The van der Waals surface area contributed by atoms with Crippen molar-refractivity contribution in [2.24, 2.45) is 0 Å². The second-order valence-electron chi connectivity index (χ2n) is 3.81. The molecule has 3 heteroatoms. The average molecular weight is 216 g/mol. The number of rotatable bonds is 4. The third kappa shape index (κ3) is 3.39. The zero-order valence-corrected chi connectivity index (χ0v) is 9.66. The van der Waals surface area contributed by atoms with Gasteiger partial charge in [-0.1, -0.05) is 31.0 Å². The molecule has 16 heavy (non-hydrogen) atoms. The van der Waals surface area contributed by atoms with Crippen LogP contribution in [-0.2, 0) is 0 Å². The van der Waals surface area contributed by atoms with E-state index in [2.05, 4.69) is 11.4 Å². The highest BCUT2D eigenvalue weighted by molar-refractivity contribution is 5.94. The zero-order valence-electron chi connectivity index (χ0n) is 9.66. The van der Waals surface area contributed by atoms with Gasteiger partial charge in [0, 0.05) is 5.56 Å². The highest BCUT2D eigenvalue weighted by atomic mass is 16.1. The molecule has 0 radical (unpaired) electrons. The third-order valence-electron chi connectivity index (χ3n) is 2.32. The number of amides is 1. The minimum atomic E-state index is -0.391. The molecule has 1 aromatic rings. The summed E-state index contributed by atoms with van der Waals surface area (Å²) in [6.07, 6.45) is 1.57. The highest BCUT2D eigenvalue weighted by Gasteiger charge is 2.11. The minimum Gasteiger partial charge on any atom is -0.336 e. The number of carbonyl (C=O) groups is 1. The van der Waals surface area contributed by atoms with Crippen LogP contribution < -0.4 is 5.32 Å². The van der Waals surface area contributed by atoms with E-state index in [0.717, 1.165) is 12.0 Å². The Bertz CT molecular complexity index is 407. The average Bonchev–Trinajstić information content (AvgIpc) is 2.28. The maximum absolute atomic E-state index is 11.8. The van der Waals surface area contributed by atoms with Gasteiger partial charge in [-0.05, 0) is 25.5 Å². The van der Waals surface area contributed by atoms with E-state index in [-0.39, 0.29) is 5.91 Å². The van der Waals surface area contributed by atoms with E-state index in [1.165, 1.54) is 0 Å². The Hall–Kier alpha value is -1.82. The molecule has 3 nitrogen and oxygen atoms in total. The number of hydrogen-bond acceptors (Lipinski definition) is 2. The van der Waals surface area contributed by atoms with Crippen LogP contribution in [0.5, 0.6) is 0 Å². The summed E-state index contributed by atoms with van der Waals surface area (Å²) in [6, 6.07) is 9.04. The maximum Gasteiger partial charge on any atom is 0.252 e. The maximum atomic E-state index is 11.8. The second kappa shape index (κ2) is 5.92. The first-order valence-electron chi connectivity index (χ1n) is 5.44. The first-order valence-corrected chi connectivity index (χ1v) is 5.44. The molecule has 0 fully saturated rings. The lowest BCUT2D eigenvalue weighted by molar-refractivity contribution is 0.0944. The monoisotopic (exact) mass is 216 g/mol. The van der Waals surface area contributed by atoms with Crippen LogP contribution in [0.15, 0.2) is 24.3 Å². The van der Waals surface area contributed by atoms with Crippen LogP contribution in [0.2, 0.25) is 0 Å². The van der Waals surface area contributed by atoms with Crippen LogP contribution >= 0.6 is 0 Å². The van der Waals surface area contributed by atoms with Gasteiger partial charge in [-0.3, -0.25) is 4.79 Å². The first-order chi connectivity index (χ1) is 7.67. The van der Waals surface area contributed by atoms with Crippen molar-refractivity contribution in [3.63, 3.8) is 0 Å². The number of hydrogen-bond donors (Lipinski definition) is 1. The highest BCUT2D eigenvalue weighted by Crippen LogP contribution is 2.05. The molecule has 0 spiro atoms. The number of carbonyl (C=O) groups excluding carboxylic acids is 1. The fourth-order valence-electron chi connectivity index (χ4n) is 1.49. The molecular weight excluding hydrogens is 200 g/mol. The molecule has 0 bridgehead atoms. The molecule has 84 valence electrons. The van der Waals surface area contributed by atoms with E-state index < -0.39 is 6.04 Å². The van der Waals surface area contributed by atoms with E-state index in [9.17, 15) is 4.79 Å². The van der Waals surface area contributed by atoms with Gasteiger partial charge in [0.2, 0.25) is 0 Å². The van der Waals surface area contributed by atoms with Crippen molar-refractivity contribution in [1.82, 2.24) is 5.32 Å². The van der Waals surface area contributed by atoms with Gasteiger partial charge in [0.05, 0.1) is 6.07 Å². The van der Waals surface area contributed by atoms with Gasteiger partial charge in [0.25, 0.3) is 5.91 Å². The summed E-state index contributed by atoms with van der Waals surface area (Å²) in [4.78, 5) is 11.8. The molecule has 1 atom stereocenters. The summed E-state index contributed by atoms with van der Waals surface area (Å²) in [5.41, 5.74) is 1.65. The van der Waals surface area contributed by atoms with Gasteiger partial charge in [0.1, 0.15) is 6.04 Å². The van der Waals surface area contributed by atoms with Crippen molar-refractivity contribution < 1.29 is 4.79 Å². The topological polar surface area (TPSA) is 52.9 Å². The zero-order chi connectivity index (χ0) is 12.0. The Morgan fingerprint density at radius 1 is 1.56 bits per heavy atom. The minimum absolute atomic E-state index is 0.177. The van der Waals surface area contributed by atoms with Crippen molar-refractivity contribution in [2.75, 3.05) is 0 Å². The van der Waals surface area contributed by atoms with Crippen molar-refractivity contribution >= 4 is 5.91 Å². The first kappa shape index (κ1) is 12.3. The Labute approximate surface area is 96.1 Å². The Balaban J connectivity index is 2.69. The van der Waals surface area contributed by atoms with Crippen LogP contribution in [0, 0.1) is 18.3 Å². The van der Waals surface area contributed by atoms with E-state index in [0.29, 0.717) is 12.0 Å². The summed E-state index contributed by atoms with van der Waals surface area (Å²) in [7, 11) is 0. The van der Waals surface area contributed by atoms with Crippen molar-refractivity contribution in [1.29, 1.82) is 5.26 Å². The number of aryl methyl sites for hydroxylation is 1. The van der Waals surface area contributed by atoms with Crippen molar-refractivity contribution in [3.8, 4) is 6.07 Å². The van der Waals surface area contributed by atoms with Crippen molar-refractivity contribution in [2.45, 2.75) is 32.7 Å². The fourth-order valence-corrected chi connectivity index (χ4v) is 1.49. The quantitative estimate of drug-likeness (QED) is 0.840. The van der Waals surface area contributed by atoms with Gasteiger partial charge < -0.3 is 5.32 Å². The summed E-state index contributed by atoms with van der Waals surface area (Å²) in [6.45, 7) is 3.92. The number of nitriles is 1. The molecule has 1 N–H and O–H groups in total. The summed E-state index contributed by atoms with van der Waals surface area (Å²) >= 11 is 0. The Morgan fingerprint density at radius 2 is 2.31 bits per heavy atom. The predicted molar refractivity (Wildman–Crippen MR) is 63.0 cm³/mol. The molecule has 0 aliphatic heterocycles. The molecule has 0 saturated carbocycles. The molecule has 1 unspecified atom stereocenters. The smallest absolute Gasteiger partial charge is 0.252 e. The number of nitrogens with zero attached hydrogens (tertiary/aromatic N) is 1. The van der Waals surface area contributed by atoms with Gasteiger partial charge in [-0.15, -0.1) is 0 Å². The molecule has 1 aromatic carbocycles. The molecule has 1 amide bonds. The van der Waals surface area contributed by atoms with E-state index >= 15 is 0 Å². The largest absolute Gasteiger partial charge is 0.336 e. The molecule has 0 aromatic heterocycles. The lowest BCUT2D eigenvalue weighted by Gasteiger charge is -2.10. The molecule has 0 aliphatic carbocycles. The summed E-state index contributed by atoms with van der Waals surface area (Å²) in [5.74, 6) is -0.177. The van der Waals surface area contributed by atoms with Crippen molar-refractivity contribution in [3.05, 3.63) is 35.4 Å². The Kier molecular flexibility index (Phi) is 4.53. The molecule has 1 rings (SSSR count). The van der Waals surface area contributed by atoms with Gasteiger partial charge in [-0.25, -0.2) is 0 Å². The Morgan fingerprint density at radius 3 is 2.88 bits per heavy atom. The number of benzene rings is 1. The summed E-state index contributed by atoms with van der Waals surface area (Å²) < 4.78 is 0. The standard InChI is InChI=1S/C13H16N2O/c1-3-5-12(9-14)15-13(16)11-7-4-6-10(2)8-11/h4,6-8,12H,3,5H2,1-2H3,(H,15,16). The second-order valence-corrected chi connectivity index (χ2v) is 3.81. The predicted octanol–water partition coefficient (Wildman–Crippen LogP) is 2.42. The van der Waals surface area contributed by atoms with E-state index in [1.807, 2.05) is 32.0 Å². The van der Waals surface area contributed by atoms with Gasteiger partial charge in [-0.2, -0.15) is 5.26 Å². The van der Waals surface area contributed by atoms with E-state index in [4.69, 9.17) is 5.26 Å². The number of nitrogens with one attached hydrogen (secondary N) is 1. The van der Waals surface area contributed by atoms with Crippen LogP contribution in [0.3, 0.4) is 0 Å². The van der Waals surface area contributed by atoms with E-state index in [1.54, 1.807) is 6.07 Å². The fraction of sp³-hybridized carbons (Fsp3) is 0.385. The van der Waals surface area contributed by atoms with Gasteiger partial charge in [0.15, 0.2) is 0 Å². The normalized spacial score (nSPS) is 11.6. The SMILES string of the molecule is CCCC(C#N)NC(=O)c1cccc(C)c1. The van der Waals surface area contributed by atoms with Crippen LogP contribution in [0.4, 0.5) is 0 Å². The molecule has 0 aliphatic rings. The lowest BCUT2D eigenvalue weighted by Crippen LogP contribution is -2.33. The molecular formula is C13H16N2O.